The fourth-order valence-electron chi connectivity index (χ4n) is 2.93. The van der Waals surface area contributed by atoms with Crippen LogP contribution in [0.4, 0.5) is 0 Å². The summed E-state index contributed by atoms with van der Waals surface area (Å²) >= 11 is 0. The number of hydrogen-bond donors (Lipinski definition) is 0. The third-order valence-electron chi connectivity index (χ3n) is 4.37. The van der Waals surface area contributed by atoms with Gasteiger partial charge in [-0.2, -0.15) is 0 Å². The quantitative estimate of drug-likeness (QED) is 0.841. The van der Waals surface area contributed by atoms with Crippen LogP contribution in [-0.2, 0) is 23.0 Å². The van der Waals surface area contributed by atoms with Crippen molar-refractivity contribution in [2.75, 3.05) is 26.8 Å². The van der Waals surface area contributed by atoms with E-state index in [1.807, 2.05) is 47.0 Å². The molecule has 1 aromatic heterocycles. The van der Waals surface area contributed by atoms with E-state index in [0.717, 1.165) is 17.1 Å². The van der Waals surface area contributed by atoms with Crippen molar-refractivity contribution in [2.45, 2.75) is 18.9 Å². The number of aryl methyl sites for hydroxylation is 2. The summed E-state index contributed by atoms with van der Waals surface area (Å²) in [5, 5.41) is 0. The molecule has 24 heavy (non-hydrogen) atoms. The van der Waals surface area contributed by atoms with Crippen molar-refractivity contribution >= 4 is 5.91 Å². The molecule has 128 valence electrons. The summed E-state index contributed by atoms with van der Waals surface area (Å²) in [4.78, 5) is 18.7. The van der Waals surface area contributed by atoms with Gasteiger partial charge in [-0.1, -0.05) is 12.1 Å². The van der Waals surface area contributed by atoms with Gasteiger partial charge in [0, 0.05) is 38.8 Å². The number of nitrogens with zero attached hydrogens (tertiary/aromatic N) is 3. The number of amides is 1. The van der Waals surface area contributed by atoms with Crippen LogP contribution in [0.1, 0.15) is 23.9 Å². The number of morpholine rings is 1. The lowest BCUT2D eigenvalue weighted by atomic mass is 10.1. The van der Waals surface area contributed by atoms with E-state index in [2.05, 4.69) is 4.98 Å². The minimum atomic E-state index is -0.106. The summed E-state index contributed by atoms with van der Waals surface area (Å²) in [7, 11) is 3.59. The maximum atomic E-state index is 12.5. The van der Waals surface area contributed by atoms with Gasteiger partial charge in [0.2, 0.25) is 5.91 Å². The van der Waals surface area contributed by atoms with Gasteiger partial charge in [0.15, 0.2) is 0 Å². The second-order valence-electron chi connectivity index (χ2n) is 5.93. The molecule has 1 unspecified atom stereocenters. The first-order valence-corrected chi connectivity index (χ1v) is 8.17. The summed E-state index contributed by atoms with van der Waals surface area (Å²) in [6, 6.07) is 7.82. The number of carbonyl (C=O) groups is 1. The largest absolute Gasteiger partial charge is 0.497 e. The van der Waals surface area contributed by atoms with Crippen LogP contribution >= 0.6 is 0 Å². The van der Waals surface area contributed by atoms with E-state index in [1.54, 1.807) is 13.3 Å². The molecule has 0 N–H and O–H groups in total. The van der Waals surface area contributed by atoms with Gasteiger partial charge in [-0.05, 0) is 17.7 Å². The summed E-state index contributed by atoms with van der Waals surface area (Å²) in [5.41, 5.74) is 1.04. The number of imidazole rings is 1. The van der Waals surface area contributed by atoms with E-state index in [-0.39, 0.29) is 12.0 Å². The molecule has 0 bridgehead atoms. The van der Waals surface area contributed by atoms with Gasteiger partial charge in [0.05, 0.1) is 20.3 Å². The monoisotopic (exact) mass is 329 g/mol. The molecule has 1 amide bonds. The molecule has 0 spiro atoms. The van der Waals surface area contributed by atoms with Gasteiger partial charge in [0.1, 0.15) is 17.7 Å². The first kappa shape index (κ1) is 16.5. The SMILES string of the molecule is COc1cccc(C2CN(C(=O)CCc3nccn3C)CCO2)c1. The second-order valence-corrected chi connectivity index (χ2v) is 5.93. The first-order valence-electron chi connectivity index (χ1n) is 8.17. The third-order valence-corrected chi connectivity index (χ3v) is 4.37. The van der Waals surface area contributed by atoms with Crippen molar-refractivity contribution < 1.29 is 14.3 Å². The molecule has 2 aromatic rings. The highest BCUT2D eigenvalue weighted by Crippen LogP contribution is 2.25. The Hall–Kier alpha value is -2.34. The maximum Gasteiger partial charge on any atom is 0.223 e. The topological polar surface area (TPSA) is 56.6 Å². The molecular formula is C18H23N3O3. The van der Waals surface area contributed by atoms with Crippen LogP contribution in [0, 0.1) is 0 Å². The highest BCUT2D eigenvalue weighted by atomic mass is 16.5. The molecule has 2 heterocycles. The number of methoxy groups -OCH3 is 1. The highest BCUT2D eigenvalue weighted by molar-refractivity contribution is 5.76. The normalized spacial score (nSPS) is 17.8. The van der Waals surface area contributed by atoms with Gasteiger partial charge in [-0.15, -0.1) is 0 Å². The summed E-state index contributed by atoms with van der Waals surface area (Å²) in [6.45, 7) is 1.77. The van der Waals surface area contributed by atoms with Crippen molar-refractivity contribution in [1.82, 2.24) is 14.5 Å². The standard InChI is InChI=1S/C18H23N3O3/c1-20-9-8-19-17(20)6-7-18(22)21-10-11-24-16(13-21)14-4-3-5-15(12-14)23-2/h3-5,8-9,12,16H,6-7,10-11,13H2,1-2H3. The fourth-order valence-corrected chi connectivity index (χ4v) is 2.93. The van der Waals surface area contributed by atoms with E-state index in [9.17, 15) is 4.79 Å². The molecule has 0 saturated carbocycles. The molecule has 0 aliphatic carbocycles. The maximum absolute atomic E-state index is 12.5. The Bertz CT molecular complexity index is 698. The number of benzene rings is 1. The van der Waals surface area contributed by atoms with E-state index in [0.29, 0.717) is 32.5 Å². The minimum absolute atomic E-state index is 0.106. The van der Waals surface area contributed by atoms with Crippen LogP contribution in [0.5, 0.6) is 5.75 Å². The van der Waals surface area contributed by atoms with E-state index >= 15 is 0 Å². The zero-order chi connectivity index (χ0) is 16.9. The minimum Gasteiger partial charge on any atom is -0.497 e. The van der Waals surface area contributed by atoms with E-state index in [1.165, 1.54) is 0 Å². The number of aromatic nitrogens is 2. The Morgan fingerprint density at radius 2 is 2.33 bits per heavy atom. The van der Waals surface area contributed by atoms with Gasteiger partial charge >= 0.3 is 0 Å². The Morgan fingerprint density at radius 3 is 3.08 bits per heavy atom. The highest BCUT2D eigenvalue weighted by Gasteiger charge is 2.25. The van der Waals surface area contributed by atoms with Crippen LogP contribution in [0.2, 0.25) is 0 Å². The molecule has 6 nitrogen and oxygen atoms in total. The van der Waals surface area contributed by atoms with Gasteiger partial charge in [-0.25, -0.2) is 4.98 Å². The zero-order valence-corrected chi connectivity index (χ0v) is 14.1. The molecule has 1 fully saturated rings. The van der Waals surface area contributed by atoms with Gasteiger partial charge in [-0.3, -0.25) is 4.79 Å². The number of hydrogen-bond acceptors (Lipinski definition) is 4. The Morgan fingerprint density at radius 1 is 1.46 bits per heavy atom. The number of carbonyl (C=O) groups excluding carboxylic acids is 1. The second kappa shape index (κ2) is 7.49. The first-order chi connectivity index (χ1) is 11.7. The predicted octanol–water partition coefficient (Wildman–Crippen LogP) is 1.96. The van der Waals surface area contributed by atoms with Crippen LogP contribution < -0.4 is 4.74 Å². The predicted molar refractivity (Wildman–Crippen MR) is 89.8 cm³/mol. The van der Waals surface area contributed by atoms with Gasteiger partial charge < -0.3 is 18.9 Å². The molecule has 1 aliphatic rings. The number of rotatable bonds is 5. The Labute approximate surface area is 142 Å². The molecule has 1 aliphatic heterocycles. The molecule has 1 saturated heterocycles. The smallest absolute Gasteiger partial charge is 0.223 e. The average Bonchev–Trinajstić information content (AvgIpc) is 3.04. The Balaban J connectivity index is 1.60. The number of ether oxygens (including phenoxy) is 2. The lowest BCUT2D eigenvalue weighted by Gasteiger charge is -2.33. The lowest BCUT2D eigenvalue weighted by Crippen LogP contribution is -2.42. The van der Waals surface area contributed by atoms with Crippen molar-refractivity contribution in [3.63, 3.8) is 0 Å². The summed E-state index contributed by atoms with van der Waals surface area (Å²) in [6.07, 6.45) is 4.67. The van der Waals surface area contributed by atoms with Crippen LogP contribution in [0.25, 0.3) is 0 Å². The van der Waals surface area contributed by atoms with Crippen molar-refractivity contribution in [3.8, 4) is 5.75 Å². The Kier molecular flexibility index (Phi) is 5.15. The van der Waals surface area contributed by atoms with Crippen molar-refractivity contribution in [2.24, 2.45) is 7.05 Å². The van der Waals surface area contributed by atoms with Gasteiger partial charge in [0.25, 0.3) is 0 Å². The van der Waals surface area contributed by atoms with Crippen molar-refractivity contribution in [1.29, 1.82) is 0 Å². The van der Waals surface area contributed by atoms with Crippen LogP contribution in [0.3, 0.4) is 0 Å². The fraction of sp³-hybridized carbons (Fsp3) is 0.444. The van der Waals surface area contributed by atoms with E-state index in [4.69, 9.17) is 9.47 Å². The summed E-state index contributed by atoms with van der Waals surface area (Å²) < 4.78 is 13.1. The van der Waals surface area contributed by atoms with E-state index < -0.39 is 0 Å². The zero-order valence-electron chi connectivity index (χ0n) is 14.1. The van der Waals surface area contributed by atoms with Crippen LogP contribution in [0.15, 0.2) is 36.7 Å². The van der Waals surface area contributed by atoms with Crippen LogP contribution in [-0.4, -0.2) is 47.2 Å². The molecule has 1 atom stereocenters. The lowest BCUT2D eigenvalue weighted by molar-refractivity contribution is -0.139. The summed E-state index contributed by atoms with van der Waals surface area (Å²) in [5.74, 6) is 1.88. The molecule has 1 aromatic carbocycles. The average molecular weight is 329 g/mol. The molecular weight excluding hydrogens is 306 g/mol. The third kappa shape index (κ3) is 3.76. The molecule has 3 rings (SSSR count). The molecule has 6 heteroatoms. The molecule has 0 radical (unpaired) electrons. The van der Waals surface area contributed by atoms with Crippen molar-refractivity contribution in [3.05, 3.63) is 48.0 Å².